The van der Waals surface area contributed by atoms with Crippen molar-refractivity contribution in [2.24, 2.45) is 0 Å². The highest BCUT2D eigenvalue weighted by Crippen LogP contribution is 2.15. The van der Waals surface area contributed by atoms with Crippen molar-refractivity contribution in [2.45, 2.75) is 6.73 Å². The second-order valence-corrected chi connectivity index (χ2v) is 5.26. The van der Waals surface area contributed by atoms with E-state index in [1.807, 2.05) is 0 Å². The average Bonchev–Trinajstić information content (AvgIpc) is 2.98. The lowest BCUT2D eigenvalue weighted by Gasteiger charge is -2.04. The first kappa shape index (κ1) is 15.2. The van der Waals surface area contributed by atoms with Crippen molar-refractivity contribution in [1.82, 2.24) is 15.0 Å². The highest BCUT2D eigenvalue weighted by Gasteiger charge is 2.06. The standard InChI is InChI=1S/C15H10BrN3O4/c16-13-7-5-10(23-13)6-8-14(20)22-9-19-15(21)11-3-1-2-4-12(11)17-18-19/h1-8H,9H2. The smallest absolute Gasteiger partial charge is 0.332 e. The van der Waals surface area contributed by atoms with Gasteiger partial charge in [0.25, 0.3) is 5.56 Å². The van der Waals surface area contributed by atoms with E-state index in [-0.39, 0.29) is 12.3 Å². The molecule has 0 spiro atoms. The Balaban J connectivity index is 1.68. The summed E-state index contributed by atoms with van der Waals surface area (Å²) in [5.41, 5.74) is 0.116. The SMILES string of the molecule is O=C(C=Cc1ccc(Br)o1)OCn1nnc2ccccc2c1=O. The van der Waals surface area contributed by atoms with Gasteiger partial charge >= 0.3 is 5.97 Å². The summed E-state index contributed by atoms with van der Waals surface area (Å²) in [6.07, 6.45) is 2.66. The summed E-state index contributed by atoms with van der Waals surface area (Å²) in [7, 11) is 0. The zero-order valence-electron chi connectivity index (χ0n) is 11.7. The molecule has 0 radical (unpaired) electrons. The third-order valence-electron chi connectivity index (χ3n) is 2.94. The Morgan fingerprint density at radius 3 is 2.91 bits per heavy atom. The Kier molecular flexibility index (Phi) is 4.33. The van der Waals surface area contributed by atoms with Gasteiger partial charge in [-0.3, -0.25) is 4.79 Å². The van der Waals surface area contributed by atoms with Crippen molar-refractivity contribution in [1.29, 1.82) is 0 Å². The number of esters is 1. The first-order chi connectivity index (χ1) is 11.1. The van der Waals surface area contributed by atoms with E-state index in [0.29, 0.717) is 21.3 Å². The normalized spacial score (nSPS) is 11.2. The topological polar surface area (TPSA) is 87.2 Å². The predicted octanol–water partition coefficient (Wildman–Crippen LogP) is 2.36. The molecular formula is C15H10BrN3O4. The number of hydrogen-bond donors (Lipinski definition) is 0. The van der Waals surface area contributed by atoms with E-state index in [4.69, 9.17) is 9.15 Å². The van der Waals surface area contributed by atoms with Crippen molar-refractivity contribution >= 4 is 38.9 Å². The number of aromatic nitrogens is 3. The molecule has 0 aliphatic heterocycles. The van der Waals surface area contributed by atoms with E-state index in [2.05, 4.69) is 26.2 Å². The van der Waals surface area contributed by atoms with Gasteiger partial charge < -0.3 is 9.15 Å². The van der Waals surface area contributed by atoms with Gasteiger partial charge in [-0.05, 0) is 46.3 Å². The largest absolute Gasteiger partial charge is 0.450 e. The van der Waals surface area contributed by atoms with Crippen LogP contribution in [0.25, 0.3) is 17.0 Å². The molecule has 0 unspecified atom stereocenters. The summed E-state index contributed by atoms with van der Waals surface area (Å²) in [4.78, 5) is 23.8. The quantitative estimate of drug-likeness (QED) is 0.513. The molecule has 0 N–H and O–H groups in total. The third kappa shape index (κ3) is 3.54. The molecule has 3 aromatic rings. The Hall–Kier alpha value is -2.74. The fraction of sp³-hybridized carbons (Fsp3) is 0.0667. The molecule has 3 rings (SSSR count). The van der Waals surface area contributed by atoms with Crippen LogP contribution in [0.5, 0.6) is 0 Å². The van der Waals surface area contributed by atoms with Crippen molar-refractivity contribution in [3.05, 3.63) is 63.3 Å². The summed E-state index contributed by atoms with van der Waals surface area (Å²) in [6, 6.07) is 10.2. The Morgan fingerprint density at radius 2 is 2.13 bits per heavy atom. The maximum atomic E-state index is 12.2. The third-order valence-corrected chi connectivity index (χ3v) is 3.36. The summed E-state index contributed by atoms with van der Waals surface area (Å²) < 4.78 is 11.7. The van der Waals surface area contributed by atoms with Crippen molar-refractivity contribution in [2.75, 3.05) is 0 Å². The lowest BCUT2D eigenvalue weighted by atomic mass is 10.2. The molecule has 0 aliphatic rings. The lowest BCUT2D eigenvalue weighted by molar-refractivity contribution is -0.141. The Labute approximate surface area is 138 Å². The zero-order chi connectivity index (χ0) is 16.2. The van der Waals surface area contributed by atoms with Gasteiger partial charge in [0.15, 0.2) is 11.4 Å². The van der Waals surface area contributed by atoms with Gasteiger partial charge in [0.1, 0.15) is 11.3 Å². The summed E-state index contributed by atoms with van der Waals surface area (Å²) >= 11 is 3.16. The van der Waals surface area contributed by atoms with Crippen LogP contribution < -0.4 is 5.56 Å². The predicted molar refractivity (Wildman–Crippen MR) is 85.3 cm³/mol. The second-order valence-electron chi connectivity index (χ2n) is 4.48. The molecule has 8 heteroatoms. The summed E-state index contributed by atoms with van der Waals surface area (Å²) in [5.74, 6) is -0.129. The van der Waals surface area contributed by atoms with Crippen LogP contribution in [0.1, 0.15) is 5.76 Å². The van der Waals surface area contributed by atoms with Crippen LogP contribution in [-0.4, -0.2) is 21.0 Å². The molecule has 1 aromatic carbocycles. The van der Waals surface area contributed by atoms with Crippen LogP contribution in [0.4, 0.5) is 0 Å². The van der Waals surface area contributed by atoms with Crippen molar-refractivity contribution in [3.8, 4) is 0 Å². The minimum Gasteiger partial charge on any atom is -0.450 e. The van der Waals surface area contributed by atoms with Crippen LogP contribution in [-0.2, 0) is 16.3 Å². The summed E-state index contributed by atoms with van der Waals surface area (Å²) in [5, 5.41) is 8.04. The Morgan fingerprint density at radius 1 is 1.30 bits per heavy atom. The number of carbonyl (C=O) groups is 1. The fourth-order valence-electron chi connectivity index (χ4n) is 1.85. The van der Waals surface area contributed by atoms with E-state index in [1.165, 1.54) is 12.2 Å². The van der Waals surface area contributed by atoms with Crippen LogP contribution in [0.3, 0.4) is 0 Å². The first-order valence-electron chi connectivity index (χ1n) is 6.56. The molecule has 0 aliphatic carbocycles. The molecule has 0 bridgehead atoms. The zero-order valence-corrected chi connectivity index (χ0v) is 13.3. The highest BCUT2D eigenvalue weighted by molar-refractivity contribution is 9.10. The number of nitrogens with zero attached hydrogens (tertiary/aromatic N) is 3. The van der Waals surface area contributed by atoms with Gasteiger partial charge in [-0.2, -0.15) is 4.68 Å². The maximum Gasteiger partial charge on any atom is 0.332 e. The van der Waals surface area contributed by atoms with Crippen LogP contribution >= 0.6 is 15.9 Å². The van der Waals surface area contributed by atoms with E-state index in [1.54, 1.807) is 36.4 Å². The maximum absolute atomic E-state index is 12.2. The Bertz CT molecular complexity index is 945. The van der Waals surface area contributed by atoms with Crippen LogP contribution in [0.15, 0.2) is 56.4 Å². The molecule has 116 valence electrons. The number of fused-ring (bicyclic) bond motifs is 1. The van der Waals surface area contributed by atoms with Crippen LogP contribution in [0.2, 0.25) is 0 Å². The van der Waals surface area contributed by atoms with Crippen LogP contribution in [0, 0.1) is 0 Å². The monoisotopic (exact) mass is 375 g/mol. The molecule has 23 heavy (non-hydrogen) atoms. The van der Waals surface area contributed by atoms with E-state index < -0.39 is 5.97 Å². The minimum atomic E-state index is -0.626. The molecule has 7 nitrogen and oxygen atoms in total. The number of hydrogen-bond acceptors (Lipinski definition) is 6. The number of carbonyl (C=O) groups excluding carboxylic acids is 1. The molecular weight excluding hydrogens is 366 g/mol. The molecule has 0 amide bonds. The van der Waals surface area contributed by atoms with E-state index in [0.717, 1.165) is 4.68 Å². The number of halogens is 1. The van der Waals surface area contributed by atoms with Gasteiger partial charge in [-0.25, -0.2) is 4.79 Å². The second kappa shape index (κ2) is 6.57. The minimum absolute atomic E-state index is 0.318. The van der Waals surface area contributed by atoms with Crippen molar-refractivity contribution < 1.29 is 13.9 Å². The van der Waals surface area contributed by atoms with Gasteiger partial charge in [0.2, 0.25) is 0 Å². The van der Waals surface area contributed by atoms with Gasteiger partial charge in [0, 0.05) is 6.08 Å². The summed E-state index contributed by atoms with van der Waals surface area (Å²) in [6.45, 7) is -0.318. The molecule has 0 fully saturated rings. The van der Waals surface area contributed by atoms with E-state index in [9.17, 15) is 9.59 Å². The molecule has 0 atom stereocenters. The van der Waals surface area contributed by atoms with Crippen molar-refractivity contribution in [3.63, 3.8) is 0 Å². The van der Waals surface area contributed by atoms with Gasteiger partial charge in [-0.15, -0.1) is 5.10 Å². The number of ether oxygens (including phenoxy) is 1. The molecule has 0 saturated heterocycles. The first-order valence-corrected chi connectivity index (χ1v) is 7.35. The number of benzene rings is 1. The number of rotatable bonds is 4. The van der Waals surface area contributed by atoms with Gasteiger partial charge in [-0.1, -0.05) is 17.3 Å². The number of furan rings is 1. The molecule has 0 saturated carbocycles. The fourth-order valence-corrected chi connectivity index (χ4v) is 2.17. The average molecular weight is 376 g/mol. The lowest BCUT2D eigenvalue weighted by Crippen LogP contribution is -2.26. The van der Waals surface area contributed by atoms with Gasteiger partial charge in [0.05, 0.1) is 5.39 Å². The molecule has 2 aromatic heterocycles. The van der Waals surface area contributed by atoms with E-state index >= 15 is 0 Å². The highest BCUT2D eigenvalue weighted by atomic mass is 79.9. The molecule has 2 heterocycles.